The summed E-state index contributed by atoms with van der Waals surface area (Å²) in [7, 11) is 2.07. The van der Waals surface area contributed by atoms with Crippen LogP contribution in [0.1, 0.15) is 0 Å². The van der Waals surface area contributed by atoms with Crippen molar-refractivity contribution in [2.45, 2.75) is 0 Å². The van der Waals surface area contributed by atoms with Crippen molar-refractivity contribution in [3.8, 4) is 0 Å². The molecule has 0 amide bonds. The maximum atomic E-state index is 3.16. The van der Waals surface area contributed by atoms with Crippen LogP contribution in [-0.2, 0) is 0 Å². The molecule has 1 saturated heterocycles. The van der Waals surface area contributed by atoms with Crippen LogP contribution in [-0.4, -0.2) is 23.9 Å². The quantitative estimate of drug-likeness (QED) is 0.438. The lowest BCUT2D eigenvalue weighted by atomic mass is 11.0. The lowest BCUT2D eigenvalue weighted by Gasteiger charge is -1.98. The minimum Gasteiger partial charge on any atom is -0.293 e. The Morgan fingerprint density at radius 1 is 1.83 bits per heavy atom. The lowest BCUT2D eigenvalue weighted by Crippen LogP contribution is -2.13. The summed E-state index contributed by atoms with van der Waals surface area (Å²) in [5, 5.41) is 3.16. The molecule has 0 spiro atoms. The molecule has 1 aliphatic heterocycles. The van der Waals surface area contributed by atoms with E-state index < -0.39 is 0 Å². The van der Waals surface area contributed by atoms with Gasteiger partial charge in [-0.05, 0) is 7.05 Å². The Morgan fingerprint density at radius 3 is 2.83 bits per heavy atom. The van der Waals surface area contributed by atoms with Gasteiger partial charge in [0.25, 0.3) is 0 Å². The standard InChI is InChI=1S/C3H8N2S/c1-5-2-4-3-6-5/h4H,2-3H2,1H3. The maximum Gasteiger partial charge on any atom is 0.0585 e. The molecule has 0 unspecified atom stereocenters. The Balaban J connectivity index is 2.18. The molecule has 0 atom stereocenters. The van der Waals surface area contributed by atoms with Crippen molar-refractivity contribution < 1.29 is 0 Å². The van der Waals surface area contributed by atoms with Crippen LogP contribution >= 0.6 is 11.9 Å². The minimum atomic E-state index is 1.03. The van der Waals surface area contributed by atoms with Gasteiger partial charge < -0.3 is 0 Å². The first kappa shape index (κ1) is 4.43. The van der Waals surface area contributed by atoms with Crippen molar-refractivity contribution in [1.29, 1.82) is 0 Å². The van der Waals surface area contributed by atoms with E-state index in [-0.39, 0.29) is 0 Å². The molecule has 0 aliphatic carbocycles. The minimum absolute atomic E-state index is 1.03. The molecule has 0 radical (unpaired) electrons. The highest BCUT2D eigenvalue weighted by molar-refractivity contribution is 7.97. The number of nitrogens with zero attached hydrogens (tertiary/aromatic N) is 1. The van der Waals surface area contributed by atoms with Gasteiger partial charge in [-0.2, -0.15) is 0 Å². The summed E-state index contributed by atoms with van der Waals surface area (Å²) in [5.41, 5.74) is 0. The number of hydrogen-bond donors (Lipinski definition) is 1. The average Bonchev–Trinajstić information content (AvgIpc) is 1.86. The molecule has 3 heteroatoms. The number of nitrogens with one attached hydrogen (secondary N) is 1. The van der Waals surface area contributed by atoms with E-state index in [2.05, 4.69) is 16.7 Å². The fraction of sp³-hybridized carbons (Fsp3) is 1.00. The van der Waals surface area contributed by atoms with Gasteiger partial charge in [-0.1, -0.05) is 11.9 Å². The highest BCUT2D eigenvalue weighted by Gasteiger charge is 2.02. The molecular weight excluding hydrogens is 96.1 g/mol. The van der Waals surface area contributed by atoms with E-state index in [0.29, 0.717) is 0 Å². The fourth-order valence-electron chi connectivity index (χ4n) is 0.405. The Hall–Kier alpha value is 0.270. The van der Waals surface area contributed by atoms with Crippen LogP contribution in [0, 0.1) is 0 Å². The Labute approximate surface area is 42.0 Å². The molecule has 0 aromatic rings. The summed E-state index contributed by atoms with van der Waals surface area (Å²) >= 11 is 1.82. The molecule has 1 aliphatic rings. The predicted octanol–water partition coefficient (Wildman–Crippen LogP) is 0.0846. The monoisotopic (exact) mass is 104 g/mol. The molecular formula is C3H8N2S. The zero-order valence-electron chi connectivity index (χ0n) is 3.77. The second-order valence-electron chi connectivity index (χ2n) is 1.31. The fourth-order valence-corrected chi connectivity index (χ4v) is 0.990. The molecule has 0 aromatic carbocycles. The highest BCUT2D eigenvalue weighted by atomic mass is 32.2. The van der Waals surface area contributed by atoms with E-state index in [4.69, 9.17) is 0 Å². The van der Waals surface area contributed by atoms with Gasteiger partial charge in [0, 0.05) is 0 Å². The predicted molar refractivity (Wildman–Crippen MR) is 28.2 cm³/mol. The van der Waals surface area contributed by atoms with Crippen LogP contribution in [0.5, 0.6) is 0 Å². The van der Waals surface area contributed by atoms with Crippen LogP contribution in [0.15, 0.2) is 0 Å². The maximum absolute atomic E-state index is 3.16. The molecule has 0 saturated carbocycles. The van der Waals surface area contributed by atoms with Crippen LogP contribution in [0.25, 0.3) is 0 Å². The van der Waals surface area contributed by atoms with Crippen LogP contribution in [0.2, 0.25) is 0 Å². The summed E-state index contributed by atoms with van der Waals surface area (Å²) in [6, 6.07) is 0. The van der Waals surface area contributed by atoms with Gasteiger partial charge in [-0.25, -0.2) is 4.31 Å². The molecule has 0 bridgehead atoms. The first-order chi connectivity index (χ1) is 2.89. The Kier molecular flexibility index (Phi) is 1.34. The summed E-state index contributed by atoms with van der Waals surface area (Å²) in [6.07, 6.45) is 0. The zero-order valence-corrected chi connectivity index (χ0v) is 4.59. The molecule has 1 rings (SSSR count). The van der Waals surface area contributed by atoms with Gasteiger partial charge in [0.15, 0.2) is 0 Å². The molecule has 1 heterocycles. The normalized spacial score (nSPS) is 25.5. The van der Waals surface area contributed by atoms with Crippen molar-refractivity contribution in [2.24, 2.45) is 0 Å². The van der Waals surface area contributed by atoms with Crippen molar-refractivity contribution in [2.75, 3.05) is 19.6 Å². The van der Waals surface area contributed by atoms with Crippen molar-refractivity contribution >= 4 is 11.9 Å². The summed E-state index contributed by atoms with van der Waals surface area (Å²) < 4.78 is 2.17. The third kappa shape index (κ3) is 0.864. The van der Waals surface area contributed by atoms with Gasteiger partial charge >= 0.3 is 0 Å². The number of hydrogen-bond acceptors (Lipinski definition) is 3. The Morgan fingerprint density at radius 2 is 2.67 bits per heavy atom. The third-order valence-electron chi connectivity index (χ3n) is 0.721. The van der Waals surface area contributed by atoms with Gasteiger partial charge in [0.2, 0.25) is 0 Å². The van der Waals surface area contributed by atoms with Crippen LogP contribution < -0.4 is 5.32 Å². The largest absolute Gasteiger partial charge is 0.293 e. The Bertz CT molecular complexity index is 42.1. The van der Waals surface area contributed by atoms with Crippen LogP contribution in [0.3, 0.4) is 0 Å². The molecule has 2 nitrogen and oxygen atoms in total. The van der Waals surface area contributed by atoms with Gasteiger partial charge in [-0.3, -0.25) is 5.32 Å². The van der Waals surface area contributed by atoms with Crippen molar-refractivity contribution in [1.82, 2.24) is 9.62 Å². The smallest absolute Gasteiger partial charge is 0.0585 e. The van der Waals surface area contributed by atoms with Gasteiger partial charge in [0.1, 0.15) is 0 Å². The van der Waals surface area contributed by atoms with E-state index in [9.17, 15) is 0 Å². The van der Waals surface area contributed by atoms with Crippen molar-refractivity contribution in [3.05, 3.63) is 0 Å². The summed E-state index contributed by atoms with van der Waals surface area (Å²) in [5.74, 6) is 1.08. The van der Waals surface area contributed by atoms with E-state index in [1.807, 2.05) is 11.9 Å². The molecule has 0 aromatic heterocycles. The second kappa shape index (κ2) is 1.82. The first-order valence-electron chi connectivity index (χ1n) is 1.94. The third-order valence-corrected chi connectivity index (χ3v) is 1.62. The highest BCUT2D eigenvalue weighted by Crippen LogP contribution is 2.07. The average molecular weight is 104 g/mol. The van der Waals surface area contributed by atoms with Gasteiger partial charge in [-0.15, -0.1) is 0 Å². The number of rotatable bonds is 0. The van der Waals surface area contributed by atoms with Crippen LogP contribution in [0.4, 0.5) is 0 Å². The zero-order chi connectivity index (χ0) is 4.41. The van der Waals surface area contributed by atoms with E-state index in [1.165, 1.54) is 0 Å². The first-order valence-corrected chi connectivity index (χ1v) is 2.88. The second-order valence-corrected chi connectivity index (χ2v) is 2.48. The van der Waals surface area contributed by atoms with E-state index in [0.717, 1.165) is 12.5 Å². The topological polar surface area (TPSA) is 15.3 Å². The van der Waals surface area contributed by atoms with E-state index >= 15 is 0 Å². The molecule has 1 fully saturated rings. The van der Waals surface area contributed by atoms with Crippen molar-refractivity contribution in [3.63, 3.8) is 0 Å². The molecule has 6 heavy (non-hydrogen) atoms. The lowest BCUT2D eigenvalue weighted by molar-refractivity contribution is 0.557. The molecule has 1 N–H and O–H groups in total. The SMILES string of the molecule is CN1CNCS1. The summed E-state index contributed by atoms with van der Waals surface area (Å²) in [4.78, 5) is 0. The molecule has 36 valence electrons. The van der Waals surface area contributed by atoms with E-state index in [1.54, 1.807) is 0 Å². The van der Waals surface area contributed by atoms with Gasteiger partial charge in [0.05, 0.1) is 12.5 Å². The summed E-state index contributed by atoms with van der Waals surface area (Å²) in [6.45, 7) is 1.03.